The molecule has 197 valence electrons. The Bertz CT molecular complexity index is 1480. The molecular formula is C28H28N3O6S. The van der Waals surface area contributed by atoms with Gasteiger partial charge in [-0.3, -0.25) is 9.59 Å². The third-order valence-electron chi connectivity index (χ3n) is 6.04. The third-order valence-corrected chi connectivity index (χ3v) is 7.47. The maximum atomic E-state index is 12.8. The second-order valence-corrected chi connectivity index (χ2v) is 11.0. The van der Waals surface area contributed by atoms with Gasteiger partial charge in [-0.25, -0.2) is 13.4 Å². The standard InChI is InChI=1S/C28H28N3O6S/c29-27(34)21-11-5-4-10-20(21)18-38(35,36)17-16-25(32)30-23(15-14-19-8-2-1-3-9-19)26(33)28-31-22-12-6-7-13-24(22)37-28/h1-13,16,23,26,33H,14-15,17-18H2,(H2,29,34)(H,30,32)/t23-,26+/m1/s1. The van der Waals surface area contributed by atoms with Crippen LogP contribution in [-0.2, 0) is 26.8 Å². The first-order chi connectivity index (χ1) is 18.2. The molecule has 0 fully saturated rings. The maximum Gasteiger partial charge on any atom is 0.249 e. The lowest BCUT2D eigenvalue weighted by molar-refractivity contribution is -0.119. The van der Waals surface area contributed by atoms with Gasteiger partial charge in [-0.2, -0.15) is 0 Å². The zero-order valence-electron chi connectivity index (χ0n) is 20.5. The van der Waals surface area contributed by atoms with Gasteiger partial charge in [0.1, 0.15) is 5.52 Å². The molecule has 2 amide bonds. The third kappa shape index (κ3) is 7.05. The minimum Gasteiger partial charge on any atom is -0.438 e. The van der Waals surface area contributed by atoms with Gasteiger partial charge in [0.15, 0.2) is 21.5 Å². The first-order valence-corrected chi connectivity index (χ1v) is 13.8. The van der Waals surface area contributed by atoms with E-state index >= 15 is 0 Å². The highest BCUT2D eigenvalue weighted by Gasteiger charge is 2.28. The lowest BCUT2D eigenvalue weighted by Gasteiger charge is -2.22. The number of oxazole rings is 1. The van der Waals surface area contributed by atoms with Crippen molar-refractivity contribution in [1.82, 2.24) is 10.3 Å². The number of hydrogen-bond acceptors (Lipinski definition) is 7. The van der Waals surface area contributed by atoms with Crippen molar-refractivity contribution in [3.05, 3.63) is 108 Å². The number of aromatic nitrogens is 1. The van der Waals surface area contributed by atoms with Crippen LogP contribution < -0.4 is 11.1 Å². The minimum atomic E-state index is -3.78. The Hall–Kier alpha value is -4.02. The Balaban J connectivity index is 1.44. The molecule has 0 saturated carbocycles. The van der Waals surface area contributed by atoms with Crippen LogP contribution in [0.1, 0.15) is 39.9 Å². The van der Waals surface area contributed by atoms with E-state index in [1.165, 1.54) is 12.1 Å². The van der Waals surface area contributed by atoms with Crippen LogP contribution in [0.4, 0.5) is 0 Å². The van der Waals surface area contributed by atoms with Crippen LogP contribution in [0.2, 0.25) is 0 Å². The van der Waals surface area contributed by atoms with Crippen molar-refractivity contribution in [3.8, 4) is 0 Å². The molecule has 2 atom stereocenters. The molecule has 0 saturated heterocycles. The summed E-state index contributed by atoms with van der Waals surface area (Å²) in [6.07, 6.45) is 0.645. The van der Waals surface area contributed by atoms with Gasteiger partial charge in [-0.1, -0.05) is 60.7 Å². The van der Waals surface area contributed by atoms with Crippen molar-refractivity contribution in [2.24, 2.45) is 5.73 Å². The molecule has 4 aromatic rings. The van der Waals surface area contributed by atoms with E-state index in [1.807, 2.05) is 30.3 Å². The largest absolute Gasteiger partial charge is 0.438 e. The average molecular weight is 535 g/mol. The Morgan fingerprint density at radius 3 is 2.42 bits per heavy atom. The number of sulfone groups is 1. The van der Waals surface area contributed by atoms with Gasteiger partial charge in [0.25, 0.3) is 0 Å². The second-order valence-electron chi connectivity index (χ2n) is 8.88. The van der Waals surface area contributed by atoms with E-state index in [0.717, 1.165) is 12.0 Å². The summed E-state index contributed by atoms with van der Waals surface area (Å²) in [4.78, 5) is 28.7. The van der Waals surface area contributed by atoms with Gasteiger partial charge < -0.3 is 20.6 Å². The van der Waals surface area contributed by atoms with Gasteiger partial charge >= 0.3 is 0 Å². The van der Waals surface area contributed by atoms with Gasteiger partial charge in [0, 0.05) is 5.56 Å². The smallest absolute Gasteiger partial charge is 0.249 e. The number of benzene rings is 3. The van der Waals surface area contributed by atoms with Crippen LogP contribution in [0.5, 0.6) is 0 Å². The monoisotopic (exact) mass is 534 g/mol. The van der Waals surface area contributed by atoms with E-state index in [-0.39, 0.29) is 17.0 Å². The zero-order chi connectivity index (χ0) is 27.1. The Morgan fingerprint density at radius 1 is 1.00 bits per heavy atom. The summed E-state index contributed by atoms with van der Waals surface area (Å²) < 4.78 is 31.1. The highest BCUT2D eigenvalue weighted by atomic mass is 32.2. The summed E-state index contributed by atoms with van der Waals surface area (Å²) in [6, 6.07) is 22.0. The van der Waals surface area contributed by atoms with Crippen LogP contribution in [0.15, 0.2) is 83.3 Å². The molecule has 0 bridgehead atoms. The van der Waals surface area contributed by atoms with E-state index in [4.69, 9.17) is 10.2 Å². The van der Waals surface area contributed by atoms with Gasteiger partial charge in [0.05, 0.1) is 24.0 Å². The number of nitrogens with one attached hydrogen (secondary N) is 1. The molecule has 3 aromatic carbocycles. The summed E-state index contributed by atoms with van der Waals surface area (Å²) in [7, 11) is -3.78. The molecule has 1 aromatic heterocycles. The van der Waals surface area contributed by atoms with Crippen molar-refractivity contribution in [1.29, 1.82) is 0 Å². The van der Waals surface area contributed by atoms with Crippen LogP contribution >= 0.6 is 0 Å². The Labute approximate surface area is 220 Å². The molecule has 4 N–H and O–H groups in total. The molecule has 38 heavy (non-hydrogen) atoms. The molecule has 0 aliphatic carbocycles. The number of aliphatic hydroxyl groups is 1. The number of aryl methyl sites for hydroxylation is 1. The fraction of sp³-hybridized carbons (Fsp3) is 0.214. The van der Waals surface area contributed by atoms with Gasteiger partial charge in [-0.05, 0) is 42.2 Å². The minimum absolute atomic E-state index is 0.0558. The quantitative estimate of drug-likeness (QED) is 0.253. The number of aliphatic hydroxyl groups excluding tert-OH is 1. The van der Waals surface area contributed by atoms with Crippen LogP contribution in [0, 0.1) is 6.42 Å². The predicted molar refractivity (Wildman–Crippen MR) is 142 cm³/mol. The van der Waals surface area contributed by atoms with Gasteiger partial charge in [-0.15, -0.1) is 0 Å². The van der Waals surface area contributed by atoms with Crippen molar-refractivity contribution in [3.63, 3.8) is 0 Å². The highest BCUT2D eigenvalue weighted by molar-refractivity contribution is 7.90. The molecule has 0 spiro atoms. The van der Waals surface area contributed by atoms with Crippen LogP contribution in [0.25, 0.3) is 11.1 Å². The molecule has 4 rings (SSSR count). The number of carbonyl (C=O) groups is 2. The number of rotatable bonds is 12. The summed E-state index contributed by atoms with van der Waals surface area (Å²) in [5, 5.41) is 13.8. The highest BCUT2D eigenvalue weighted by Crippen LogP contribution is 2.24. The van der Waals surface area contributed by atoms with E-state index in [1.54, 1.807) is 36.4 Å². The van der Waals surface area contributed by atoms with E-state index in [2.05, 4.69) is 10.3 Å². The van der Waals surface area contributed by atoms with E-state index in [0.29, 0.717) is 23.9 Å². The molecule has 0 aliphatic rings. The fourth-order valence-electron chi connectivity index (χ4n) is 4.09. The topological polar surface area (TPSA) is 153 Å². The predicted octanol–water partition coefficient (Wildman–Crippen LogP) is 2.90. The number of para-hydroxylation sites is 2. The van der Waals surface area contributed by atoms with E-state index in [9.17, 15) is 23.1 Å². The van der Waals surface area contributed by atoms with Crippen LogP contribution in [0.3, 0.4) is 0 Å². The molecule has 10 heteroatoms. The fourth-order valence-corrected chi connectivity index (χ4v) is 5.34. The normalized spacial score (nSPS) is 13.2. The first-order valence-electron chi connectivity index (χ1n) is 12.0. The number of amides is 2. The number of fused-ring (bicyclic) bond motifs is 1. The summed E-state index contributed by atoms with van der Waals surface area (Å²) in [5.74, 6) is -2.34. The average Bonchev–Trinajstić information content (AvgIpc) is 3.34. The summed E-state index contributed by atoms with van der Waals surface area (Å²) in [6.45, 7) is 0. The Kier molecular flexibility index (Phi) is 8.55. The molecule has 1 radical (unpaired) electrons. The number of hydrogen-bond donors (Lipinski definition) is 3. The van der Waals surface area contributed by atoms with Gasteiger partial charge in [0.2, 0.25) is 17.7 Å². The lowest BCUT2D eigenvalue weighted by atomic mass is 10.0. The zero-order valence-corrected chi connectivity index (χ0v) is 21.3. The molecule has 0 unspecified atom stereocenters. The molecule has 0 aliphatic heterocycles. The summed E-state index contributed by atoms with van der Waals surface area (Å²) in [5.41, 5.74) is 7.80. The van der Waals surface area contributed by atoms with Crippen molar-refractivity contribution < 1.29 is 27.5 Å². The number of nitrogens with two attached hydrogens (primary N) is 1. The maximum absolute atomic E-state index is 12.8. The molecular weight excluding hydrogens is 506 g/mol. The number of primary amides is 1. The van der Waals surface area contributed by atoms with Crippen molar-refractivity contribution in [2.75, 3.05) is 5.75 Å². The molecule has 9 nitrogen and oxygen atoms in total. The second kappa shape index (κ2) is 12.0. The van der Waals surface area contributed by atoms with E-state index < -0.39 is 45.3 Å². The lowest BCUT2D eigenvalue weighted by Crippen LogP contribution is -2.40. The Morgan fingerprint density at radius 2 is 1.68 bits per heavy atom. The van der Waals surface area contributed by atoms with Crippen molar-refractivity contribution >= 4 is 32.8 Å². The SMILES string of the molecule is NC(=O)c1ccccc1CS(=O)(=O)C[CH]C(=O)N[C@H](CCc1ccccc1)[C@H](O)c1nc2ccccc2o1. The molecule has 1 heterocycles. The number of nitrogens with zero attached hydrogens (tertiary/aromatic N) is 1. The summed E-state index contributed by atoms with van der Waals surface area (Å²) >= 11 is 0. The van der Waals surface area contributed by atoms with Crippen LogP contribution in [-0.4, -0.2) is 42.1 Å². The number of carbonyl (C=O) groups excluding carboxylic acids is 2. The van der Waals surface area contributed by atoms with Crippen molar-refractivity contribution in [2.45, 2.75) is 30.7 Å². The first kappa shape index (κ1) is 27.0.